The van der Waals surface area contributed by atoms with Crippen molar-refractivity contribution < 1.29 is 4.42 Å². The molecule has 84 valence electrons. The molecule has 0 amide bonds. The molecule has 3 heteroatoms. The van der Waals surface area contributed by atoms with Crippen LogP contribution in [-0.2, 0) is 0 Å². The molecular formula is C14H9BrO2. The molecule has 0 fully saturated rings. The predicted molar refractivity (Wildman–Crippen MR) is 71.2 cm³/mol. The molecule has 0 aliphatic heterocycles. The molecule has 1 aromatic heterocycles. The van der Waals surface area contributed by atoms with Crippen molar-refractivity contribution in [2.45, 2.75) is 5.92 Å². The summed E-state index contributed by atoms with van der Waals surface area (Å²) in [7, 11) is 0. The van der Waals surface area contributed by atoms with Crippen LogP contribution >= 0.6 is 15.9 Å². The van der Waals surface area contributed by atoms with Gasteiger partial charge in [-0.15, -0.1) is 0 Å². The van der Waals surface area contributed by atoms with E-state index in [-0.39, 0.29) is 11.3 Å². The topological polar surface area (TPSA) is 30.2 Å². The molecule has 0 saturated carbocycles. The highest BCUT2D eigenvalue weighted by atomic mass is 79.9. The SMILES string of the molecule is O=c1cc(C2C=CC=C2)oc2ccc(Br)cc12. The third-order valence-corrected chi connectivity index (χ3v) is 3.28. The van der Waals surface area contributed by atoms with E-state index in [2.05, 4.69) is 15.9 Å². The van der Waals surface area contributed by atoms with Crippen molar-refractivity contribution in [2.24, 2.45) is 0 Å². The summed E-state index contributed by atoms with van der Waals surface area (Å²) in [5.41, 5.74) is 0.626. The number of hydrogen-bond donors (Lipinski definition) is 0. The lowest BCUT2D eigenvalue weighted by Gasteiger charge is -2.06. The fraction of sp³-hybridized carbons (Fsp3) is 0.0714. The van der Waals surface area contributed by atoms with Crippen molar-refractivity contribution in [3.8, 4) is 0 Å². The summed E-state index contributed by atoms with van der Waals surface area (Å²) in [5, 5.41) is 0.606. The number of allylic oxidation sites excluding steroid dienone is 4. The number of benzene rings is 1. The van der Waals surface area contributed by atoms with Crippen molar-refractivity contribution in [3.63, 3.8) is 0 Å². The maximum atomic E-state index is 12.0. The molecule has 0 saturated heterocycles. The van der Waals surface area contributed by atoms with Gasteiger partial charge in [0.2, 0.25) is 0 Å². The summed E-state index contributed by atoms with van der Waals surface area (Å²) >= 11 is 3.35. The fourth-order valence-corrected chi connectivity index (χ4v) is 2.29. The van der Waals surface area contributed by atoms with Gasteiger partial charge in [-0.05, 0) is 18.2 Å². The minimum atomic E-state index is -0.00347. The molecule has 1 aromatic carbocycles. The van der Waals surface area contributed by atoms with Crippen LogP contribution in [-0.4, -0.2) is 0 Å². The largest absolute Gasteiger partial charge is 0.460 e. The van der Waals surface area contributed by atoms with Gasteiger partial charge in [0.15, 0.2) is 5.43 Å². The highest BCUT2D eigenvalue weighted by Gasteiger charge is 2.12. The standard InChI is InChI=1S/C14H9BrO2/c15-10-5-6-13-11(7-10)12(16)8-14(17-13)9-3-1-2-4-9/h1-9H. The maximum absolute atomic E-state index is 12.0. The van der Waals surface area contributed by atoms with Crippen molar-refractivity contribution in [1.29, 1.82) is 0 Å². The van der Waals surface area contributed by atoms with E-state index < -0.39 is 0 Å². The monoisotopic (exact) mass is 288 g/mol. The smallest absolute Gasteiger partial charge is 0.193 e. The quantitative estimate of drug-likeness (QED) is 0.800. The molecule has 3 rings (SSSR count). The molecule has 1 aliphatic rings. The van der Waals surface area contributed by atoms with Crippen LogP contribution in [0.5, 0.6) is 0 Å². The second kappa shape index (κ2) is 4.00. The number of fused-ring (bicyclic) bond motifs is 1. The van der Waals surface area contributed by atoms with Gasteiger partial charge in [-0.1, -0.05) is 40.2 Å². The third-order valence-electron chi connectivity index (χ3n) is 2.78. The first-order valence-electron chi connectivity index (χ1n) is 5.32. The van der Waals surface area contributed by atoms with E-state index in [0.717, 1.165) is 4.47 Å². The summed E-state index contributed by atoms with van der Waals surface area (Å²) in [6.07, 6.45) is 7.92. The zero-order chi connectivity index (χ0) is 11.8. The van der Waals surface area contributed by atoms with Gasteiger partial charge in [0.05, 0.1) is 11.3 Å². The lowest BCUT2D eigenvalue weighted by molar-refractivity contribution is 0.537. The van der Waals surface area contributed by atoms with E-state index in [1.54, 1.807) is 12.1 Å². The average molecular weight is 289 g/mol. The molecule has 2 nitrogen and oxygen atoms in total. The van der Waals surface area contributed by atoms with Crippen molar-refractivity contribution in [2.75, 3.05) is 0 Å². The van der Waals surface area contributed by atoms with Crippen LogP contribution in [0.2, 0.25) is 0 Å². The summed E-state index contributed by atoms with van der Waals surface area (Å²) in [5.74, 6) is 0.769. The van der Waals surface area contributed by atoms with Crippen LogP contribution in [0.4, 0.5) is 0 Å². The van der Waals surface area contributed by atoms with Crippen LogP contribution in [0.1, 0.15) is 11.7 Å². The first-order chi connectivity index (χ1) is 8.24. The van der Waals surface area contributed by atoms with Gasteiger partial charge in [-0.2, -0.15) is 0 Å². The Kier molecular flexibility index (Phi) is 2.48. The van der Waals surface area contributed by atoms with E-state index in [9.17, 15) is 4.79 Å². The number of hydrogen-bond acceptors (Lipinski definition) is 2. The molecule has 1 heterocycles. The number of rotatable bonds is 1. The van der Waals surface area contributed by atoms with Crippen LogP contribution in [0.25, 0.3) is 11.0 Å². The molecule has 0 bridgehead atoms. The Bertz CT molecular complexity index is 683. The van der Waals surface area contributed by atoms with E-state index >= 15 is 0 Å². The highest BCUT2D eigenvalue weighted by molar-refractivity contribution is 9.10. The molecular weight excluding hydrogens is 280 g/mol. The van der Waals surface area contributed by atoms with Gasteiger partial charge < -0.3 is 4.42 Å². The molecule has 17 heavy (non-hydrogen) atoms. The van der Waals surface area contributed by atoms with Gasteiger partial charge in [0, 0.05) is 10.5 Å². The lowest BCUT2D eigenvalue weighted by atomic mass is 10.1. The molecule has 0 unspecified atom stereocenters. The molecule has 0 spiro atoms. The zero-order valence-corrected chi connectivity index (χ0v) is 10.5. The Morgan fingerprint density at radius 3 is 2.65 bits per heavy atom. The molecule has 0 N–H and O–H groups in total. The Hall–Kier alpha value is -1.61. The second-order valence-electron chi connectivity index (χ2n) is 3.95. The van der Waals surface area contributed by atoms with Crippen LogP contribution in [0.15, 0.2) is 62.3 Å². The summed E-state index contributed by atoms with van der Waals surface area (Å²) in [6, 6.07) is 7.03. The van der Waals surface area contributed by atoms with Crippen molar-refractivity contribution in [1.82, 2.24) is 0 Å². The summed E-state index contributed by atoms with van der Waals surface area (Å²) < 4.78 is 6.64. The zero-order valence-electron chi connectivity index (χ0n) is 8.89. The molecule has 0 radical (unpaired) electrons. The highest BCUT2D eigenvalue weighted by Crippen LogP contribution is 2.25. The Labute approximate surface area is 106 Å². The fourth-order valence-electron chi connectivity index (χ4n) is 1.93. The summed E-state index contributed by atoms with van der Waals surface area (Å²) in [6.45, 7) is 0. The first-order valence-corrected chi connectivity index (χ1v) is 6.12. The second-order valence-corrected chi connectivity index (χ2v) is 4.86. The van der Waals surface area contributed by atoms with E-state index in [0.29, 0.717) is 16.7 Å². The minimum absolute atomic E-state index is 0.00347. The van der Waals surface area contributed by atoms with E-state index in [1.807, 2.05) is 36.4 Å². The Morgan fingerprint density at radius 1 is 1.12 bits per heavy atom. The van der Waals surface area contributed by atoms with Gasteiger partial charge in [0.1, 0.15) is 11.3 Å². The van der Waals surface area contributed by atoms with Gasteiger partial charge in [-0.3, -0.25) is 4.79 Å². The Balaban J connectivity index is 2.24. The van der Waals surface area contributed by atoms with Crippen LogP contribution in [0.3, 0.4) is 0 Å². The number of halogens is 1. The molecule has 2 aromatic rings. The average Bonchev–Trinajstić information content (AvgIpc) is 2.83. The summed E-state index contributed by atoms with van der Waals surface area (Å²) in [4.78, 5) is 12.0. The predicted octanol–water partition coefficient (Wildman–Crippen LogP) is 3.77. The van der Waals surface area contributed by atoms with Crippen molar-refractivity contribution >= 4 is 26.9 Å². The minimum Gasteiger partial charge on any atom is -0.460 e. The lowest BCUT2D eigenvalue weighted by Crippen LogP contribution is -2.03. The van der Waals surface area contributed by atoms with E-state index in [1.165, 1.54) is 0 Å². The maximum Gasteiger partial charge on any atom is 0.193 e. The first kappa shape index (κ1) is 10.5. The van der Waals surface area contributed by atoms with E-state index in [4.69, 9.17) is 4.42 Å². The van der Waals surface area contributed by atoms with Crippen LogP contribution in [0, 0.1) is 0 Å². The van der Waals surface area contributed by atoms with Crippen molar-refractivity contribution in [3.05, 3.63) is 69.0 Å². The van der Waals surface area contributed by atoms with Gasteiger partial charge >= 0.3 is 0 Å². The van der Waals surface area contributed by atoms with Gasteiger partial charge in [-0.25, -0.2) is 0 Å². The normalized spacial score (nSPS) is 14.9. The van der Waals surface area contributed by atoms with Gasteiger partial charge in [0.25, 0.3) is 0 Å². The Morgan fingerprint density at radius 2 is 1.88 bits per heavy atom. The molecule has 0 atom stereocenters. The third kappa shape index (κ3) is 1.87. The molecule has 1 aliphatic carbocycles. The van der Waals surface area contributed by atoms with Crippen LogP contribution < -0.4 is 5.43 Å².